The summed E-state index contributed by atoms with van der Waals surface area (Å²) < 4.78 is 16.4. The largest absolute Gasteiger partial charge is 0.507 e. The normalized spacial score (nSPS) is 12.5. The second kappa shape index (κ2) is 12.1. The van der Waals surface area contributed by atoms with E-state index in [9.17, 15) is 19.5 Å². The fraction of sp³-hybridized carbons (Fsp3) is 0.240. The quantitative estimate of drug-likeness (QED) is 0.311. The van der Waals surface area contributed by atoms with Crippen molar-refractivity contribution in [1.82, 2.24) is 5.32 Å². The molecule has 3 rings (SSSR count). The van der Waals surface area contributed by atoms with Gasteiger partial charge in [0, 0.05) is 30.0 Å². The van der Waals surface area contributed by atoms with E-state index in [0.29, 0.717) is 21.9 Å². The maximum Gasteiger partial charge on any atom is 0.414 e. The number of nitrogens with one attached hydrogen (secondary N) is 1. The molecule has 34 heavy (non-hydrogen) atoms. The lowest BCUT2D eigenvalue weighted by Gasteiger charge is -2.27. The predicted octanol–water partition coefficient (Wildman–Crippen LogP) is 4.03. The van der Waals surface area contributed by atoms with Crippen LogP contribution in [0.3, 0.4) is 0 Å². The summed E-state index contributed by atoms with van der Waals surface area (Å²) in [4.78, 5) is 36.6. The number of alkyl carbamates (subject to hydrolysis) is 1. The lowest BCUT2D eigenvalue weighted by Crippen LogP contribution is -2.35. The van der Waals surface area contributed by atoms with Crippen LogP contribution in [0.15, 0.2) is 66.7 Å². The standard InChI is InChI=1S/C25H25NO7S/c1-31-21(13-14-32-22(28)15-34)23(19-11-12-20(27)18-10-6-5-9-17(18)19)33-25(30)26-24(29)16-7-3-2-4-8-16/h2-12,21,23,27,34H,13-15H2,1H3,(H,26,29,30)/t21-,23-/m0/s1. The number of methoxy groups -OCH3 is 1. The van der Waals surface area contributed by atoms with Crippen LogP contribution in [-0.4, -0.2) is 48.6 Å². The number of aromatic hydroxyl groups is 1. The van der Waals surface area contributed by atoms with E-state index in [4.69, 9.17) is 14.2 Å². The fourth-order valence-corrected chi connectivity index (χ4v) is 3.61. The Balaban J connectivity index is 1.89. The van der Waals surface area contributed by atoms with Crippen LogP contribution in [0.4, 0.5) is 4.79 Å². The molecule has 2 amide bonds. The summed E-state index contributed by atoms with van der Waals surface area (Å²) in [6, 6.07) is 18.5. The molecule has 3 aromatic rings. The van der Waals surface area contributed by atoms with E-state index in [1.165, 1.54) is 13.2 Å². The Morgan fingerprint density at radius 2 is 1.65 bits per heavy atom. The number of hydrogen-bond donors (Lipinski definition) is 3. The summed E-state index contributed by atoms with van der Waals surface area (Å²) in [5.41, 5.74) is 0.858. The van der Waals surface area contributed by atoms with Gasteiger partial charge in [-0.2, -0.15) is 12.6 Å². The number of phenols is 1. The van der Waals surface area contributed by atoms with Crippen molar-refractivity contribution in [2.75, 3.05) is 19.5 Å². The van der Waals surface area contributed by atoms with Gasteiger partial charge < -0.3 is 19.3 Å². The second-order valence-corrected chi connectivity index (χ2v) is 7.62. The Labute approximate surface area is 202 Å². The zero-order chi connectivity index (χ0) is 24.5. The highest BCUT2D eigenvalue weighted by atomic mass is 32.1. The SMILES string of the molecule is CO[C@@H](CCOC(=O)CS)[C@@H](OC(=O)NC(=O)c1ccccc1)c1ccc(O)c2ccccc12. The summed E-state index contributed by atoms with van der Waals surface area (Å²) in [5, 5.41) is 13.7. The summed E-state index contributed by atoms with van der Waals surface area (Å²) in [7, 11) is 1.44. The maximum atomic E-state index is 12.7. The molecule has 0 aliphatic carbocycles. The van der Waals surface area contributed by atoms with Gasteiger partial charge in [0.25, 0.3) is 5.91 Å². The summed E-state index contributed by atoms with van der Waals surface area (Å²) in [6.07, 6.45) is -2.46. The highest BCUT2D eigenvalue weighted by Gasteiger charge is 2.30. The zero-order valence-corrected chi connectivity index (χ0v) is 19.4. The van der Waals surface area contributed by atoms with Crippen molar-refractivity contribution in [3.05, 3.63) is 77.9 Å². The van der Waals surface area contributed by atoms with Gasteiger partial charge >= 0.3 is 12.1 Å². The van der Waals surface area contributed by atoms with Gasteiger partial charge in [0.05, 0.1) is 12.4 Å². The van der Waals surface area contributed by atoms with E-state index in [1.807, 2.05) is 0 Å². The number of esters is 1. The second-order valence-electron chi connectivity index (χ2n) is 7.31. The van der Waals surface area contributed by atoms with Crippen LogP contribution >= 0.6 is 12.6 Å². The number of carbonyl (C=O) groups excluding carboxylic acids is 3. The van der Waals surface area contributed by atoms with Crippen LogP contribution in [-0.2, 0) is 19.0 Å². The van der Waals surface area contributed by atoms with Crippen LogP contribution in [0.1, 0.15) is 28.4 Å². The van der Waals surface area contributed by atoms with Gasteiger partial charge in [-0.1, -0.05) is 48.5 Å². The van der Waals surface area contributed by atoms with E-state index < -0.39 is 30.2 Å². The molecule has 8 nitrogen and oxygen atoms in total. The summed E-state index contributed by atoms with van der Waals surface area (Å²) >= 11 is 3.88. The topological polar surface area (TPSA) is 111 Å². The van der Waals surface area contributed by atoms with Gasteiger partial charge in [-0.15, -0.1) is 0 Å². The average Bonchev–Trinajstić information content (AvgIpc) is 2.86. The number of thiol groups is 1. The van der Waals surface area contributed by atoms with Crippen LogP contribution in [0, 0.1) is 0 Å². The number of amides is 2. The molecule has 0 saturated carbocycles. The lowest BCUT2D eigenvalue weighted by molar-refractivity contribution is -0.141. The number of imide groups is 1. The molecular weight excluding hydrogens is 458 g/mol. The van der Waals surface area contributed by atoms with Crippen molar-refractivity contribution in [2.45, 2.75) is 18.6 Å². The molecule has 0 unspecified atom stereocenters. The molecule has 0 saturated heterocycles. The Morgan fingerprint density at radius 1 is 0.971 bits per heavy atom. The molecule has 0 aliphatic rings. The lowest BCUT2D eigenvalue weighted by atomic mass is 9.95. The molecule has 0 radical (unpaired) electrons. The molecule has 0 bridgehead atoms. The van der Waals surface area contributed by atoms with Crippen molar-refractivity contribution < 1.29 is 33.7 Å². The average molecular weight is 484 g/mol. The van der Waals surface area contributed by atoms with Gasteiger partial charge in [-0.25, -0.2) is 4.79 Å². The smallest absolute Gasteiger partial charge is 0.414 e. The molecule has 0 fully saturated rings. The molecule has 0 aliphatic heterocycles. The van der Waals surface area contributed by atoms with E-state index in [1.54, 1.807) is 60.7 Å². The first-order chi connectivity index (χ1) is 16.4. The van der Waals surface area contributed by atoms with E-state index in [2.05, 4.69) is 17.9 Å². The molecule has 2 atom stereocenters. The third-order valence-electron chi connectivity index (χ3n) is 5.16. The van der Waals surface area contributed by atoms with Crippen molar-refractivity contribution in [1.29, 1.82) is 0 Å². The molecule has 178 valence electrons. The van der Waals surface area contributed by atoms with E-state index >= 15 is 0 Å². The molecule has 0 heterocycles. The Kier molecular flexibility index (Phi) is 8.89. The van der Waals surface area contributed by atoms with Crippen LogP contribution < -0.4 is 5.32 Å². The zero-order valence-electron chi connectivity index (χ0n) is 18.5. The molecule has 0 spiro atoms. The summed E-state index contributed by atoms with van der Waals surface area (Å²) in [5.74, 6) is -1.10. The highest BCUT2D eigenvalue weighted by molar-refractivity contribution is 7.81. The maximum absolute atomic E-state index is 12.7. The number of ether oxygens (including phenoxy) is 3. The first-order valence-electron chi connectivity index (χ1n) is 10.5. The van der Waals surface area contributed by atoms with Crippen LogP contribution in [0.5, 0.6) is 5.75 Å². The minimum atomic E-state index is -0.978. The third-order valence-corrected chi connectivity index (χ3v) is 5.42. The Morgan fingerprint density at radius 3 is 2.32 bits per heavy atom. The van der Waals surface area contributed by atoms with Gasteiger partial charge in [0.15, 0.2) is 6.10 Å². The minimum Gasteiger partial charge on any atom is -0.507 e. The van der Waals surface area contributed by atoms with E-state index in [0.717, 1.165) is 0 Å². The van der Waals surface area contributed by atoms with Gasteiger partial charge in [0.2, 0.25) is 0 Å². The van der Waals surface area contributed by atoms with Gasteiger partial charge in [0.1, 0.15) is 11.9 Å². The number of hydrogen-bond acceptors (Lipinski definition) is 8. The molecule has 3 aromatic carbocycles. The van der Waals surface area contributed by atoms with Crippen LogP contribution in [0.25, 0.3) is 10.8 Å². The predicted molar refractivity (Wildman–Crippen MR) is 129 cm³/mol. The highest BCUT2D eigenvalue weighted by Crippen LogP contribution is 2.35. The van der Waals surface area contributed by atoms with Crippen molar-refractivity contribution in [2.24, 2.45) is 0 Å². The molecule has 2 N–H and O–H groups in total. The van der Waals surface area contributed by atoms with Gasteiger partial charge in [-0.3, -0.25) is 14.9 Å². The number of rotatable bonds is 9. The minimum absolute atomic E-state index is 0.0122. The molecular formula is C25H25NO7S. The first-order valence-corrected chi connectivity index (χ1v) is 11.1. The number of carbonyl (C=O) groups is 3. The van der Waals surface area contributed by atoms with E-state index in [-0.39, 0.29) is 24.5 Å². The summed E-state index contributed by atoms with van der Waals surface area (Å²) in [6.45, 7) is 0.0122. The van der Waals surface area contributed by atoms with Crippen molar-refractivity contribution in [3.63, 3.8) is 0 Å². The monoisotopic (exact) mass is 483 g/mol. The number of fused-ring (bicyclic) bond motifs is 1. The molecule has 9 heteroatoms. The Bertz CT molecular complexity index is 1150. The molecule has 0 aromatic heterocycles. The van der Waals surface area contributed by atoms with Crippen LogP contribution in [0.2, 0.25) is 0 Å². The van der Waals surface area contributed by atoms with Crippen molar-refractivity contribution in [3.8, 4) is 5.75 Å². The Hall–Kier alpha value is -3.56. The third kappa shape index (κ3) is 6.27. The van der Waals surface area contributed by atoms with Crippen molar-refractivity contribution >= 4 is 41.4 Å². The number of benzene rings is 3. The van der Waals surface area contributed by atoms with Gasteiger partial charge in [-0.05, 0) is 23.6 Å². The first kappa shape index (κ1) is 25.1. The number of phenolic OH excluding ortho intramolecular Hbond substituents is 1. The fourth-order valence-electron chi connectivity index (χ4n) is 3.52.